The largest absolute Gasteiger partial charge is 0.480 e. The van der Waals surface area contributed by atoms with Gasteiger partial charge >= 0.3 is 12.0 Å². The Labute approximate surface area is 103 Å². The Morgan fingerprint density at radius 3 is 2.56 bits per heavy atom. The Kier molecular flexibility index (Phi) is 4.25. The lowest BCUT2D eigenvalue weighted by molar-refractivity contribution is -0.138. The molecule has 3 amide bonds. The summed E-state index contributed by atoms with van der Waals surface area (Å²) in [6, 6.07) is 4.32. The van der Waals surface area contributed by atoms with Gasteiger partial charge in [0.05, 0.1) is 0 Å². The number of hydrogen-bond acceptors (Lipinski definition) is 3. The lowest BCUT2D eigenvalue weighted by Gasteiger charge is -2.11. The van der Waals surface area contributed by atoms with Gasteiger partial charge in [-0.1, -0.05) is 6.07 Å². The van der Waals surface area contributed by atoms with Gasteiger partial charge in [-0.3, -0.25) is 9.59 Å². The molecule has 0 aromatic heterocycles. The number of amides is 3. The van der Waals surface area contributed by atoms with Gasteiger partial charge < -0.3 is 21.5 Å². The number of primary amides is 1. The zero-order valence-corrected chi connectivity index (χ0v) is 9.64. The van der Waals surface area contributed by atoms with E-state index in [1.54, 1.807) is 12.1 Å². The van der Waals surface area contributed by atoms with E-state index in [2.05, 4.69) is 10.6 Å². The molecule has 0 fully saturated rings. The number of carboxylic acids is 1. The van der Waals surface area contributed by atoms with E-state index in [0.717, 1.165) is 0 Å². The van der Waals surface area contributed by atoms with Crippen molar-refractivity contribution in [3.05, 3.63) is 29.8 Å². The smallest absolute Gasteiger partial charge is 0.325 e. The molecule has 1 aromatic rings. The third-order valence-electron chi connectivity index (χ3n) is 2.12. The normalized spacial score (nSPS) is 11.4. The Hall–Kier alpha value is -2.57. The predicted octanol–water partition coefficient (Wildman–Crippen LogP) is 0.380. The molecule has 1 atom stereocenters. The van der Waals surface area contributed by atoms with Crippen LogP contribution in [-0.4, -0.2) is 29.1 Å². The molecule has 0 spiro atoms. The molecule has 0 saturated carbocycles. The average molecular weight is 251 g/mol. The minimum Gasteiger partial charge on any atom is -0.480 e. The maximum Gasteiger partial charge on any atom is 0.325 e. The van der Waals surface area contributed by atoms with Crippen LogP contribution in [0.4, 0.5) is 10.5 Å². The molecule has 18 heavy (non-hydrogen) atoms. The quantitative estimate of drug-likeness (QED) is 0.617. The van der Waals surface area contributed by atoms with Crippen molar-refractivity contribution in [3.63, 3.8) is 0 Å². The van der Waals surface area contributed by atoms with Crippen LogP contribution >= 0.6 is 0 Å². The number of benzene rings is 1. The van der Waals surface area contributed by atoms with E-state index < -0.39 is 23.9 Å². The fourth-order valence-electron chi connectivity index (χ4n) is 1.18. The third-order valence-corrected chi connectivity index (χ3v) is 2.12. The molecular weight excluding hydrogens is 238 g/mol. The van der Waals surface area contributed by atoms with Gasteiger partial charge in [0, 0.05) is 11.3 Å². The second-order valence-electron chi connectivity index (χ2n) is 3.60. The molecule has 7 heteroatoms. The van der Waals surface area contributed by atoms with Crippen molar-refractivity contribution < 1.29 is 19.5 Å². The molecular formula is C11H13N3O4. The first kappa shape index (κ1) is 13.5. The summed E-state index contributed by atoms with van der Waals surface area (Å²) in [5.74, 6) is -1.76. The van der Waals surface area contributed by atoms with Crippen LogP contribution in [0.3, 0.4) is 0 Å². The highest BCUT2D eigenvalue weighted by Gasteiger charge is 2.13. The lowest BCUT2D eigenvalue weighted by atomic mass is 10.2. The lowest BCUT2D eigenvalue weighted by Crippen LogP contribution is -2.40. The number of rotatable bonds is 4. The molecule has 0 aliphatic rings. The van der Waals surface area contributed by atoms with Gasteiger partial charge in [-0.2, -0.15) is 0 Å². The van der Waals surface area contributed by atoms with Crippen molar-refractivity contribution in [1.82, 2.24) is 5.32 Å². The van der Waals surface area contributed by atoms with Crippen LogP contribution < -0.4 is 16.4 Å². The second-order valence-corrected chi connectivity index (χ2v) is 3.60. The van der Waals surface area contributed by atoms with Crippen LogP contribution in [0.25, 0.3) is 0 Å². The van der Waals surface area contributed by atoms with Crippen LogP contribution in [0, 0.1) is 0 Å². The number of nitrogens with two attached hydrogens (primary N) is 1. The van der Waals surface area contributed by atoms with E-state index in [0.29, 0.717) is 5.69 Å². The van der Waals surface area contributed by atoms with Crippen LogP contribution in [-0.2, 0) is 4.79 Å². The molecule has 0 heterocycles. The van der Waals surface area contributed by atoms with E-state index in [1.807, 2.05) is 0 Å². The SMILES string of the molecule is CC(NC(=O)Nc1cccc(C(N)=O)c1)C(=O)O. The van der Waals surface area contributed by atoms with Gasteiger partial charge in [0.2, 0.25) is 5.91 Å². The number of carbonyl (C=O) groups is 3. The van der Waals surface area contributed by atoms with Gasteiger partial charge in [-0.15, -0.1) is 0 Å². The number of nitrogens with one attached hydrogen (secondary N) is 2. The highest BCUT2D eigenvalue weighted by molar-refractivity contribution is 5.96. The second kappa shape index (κ2) is 5.67. The molecule has 0 saturated heterocycles. The molecule has 0 radical (unpaired) electrons. The monoisotopic (exact) mass is 251 g/mol. The van der Waals surface area contributed by atoms with Crippen molar-refractivity contribution >= 4 is 23.6 Å². The summed E-state index contributed by atoms with van der Waals surface area (Å²) in [5, 5.41) is 13.2. The minimum atomic E-state index is -1.14. The number of carboxylic acid groups (broad SMARTS) is 1. The number of anilines is 1. The fraction of sp³-hybridized carbons (Fsp3) is 0.182. The summed E-state index contributed by atoms with van der Waals surface area (Å²) in [7, 11) is 0. The van der Waals surface area contributed by atoms with Gasteiger partial charge in [-0.25, -0.2) is 4.79 Å². The van der Waals surface area contributed by atoms with E-state index in [-0.39, 0.29) is 5.56 Å². The summed E-state index contributed by atoms with van der Waals surface area (Å²) < 4.78 is 0. The summed E-state index contributed by atoms with van der Waals surface area (Å²) in [5.41, 5.74) is 5.69. The molecule has 1 rings (SSSR count). The van der Waals surface area contributed by atoms with Gasteiger partial charge in [0.25, 0.3) is 0 Å². The summed E-state index contributed by atoms with van der Waals surface area (Å²) in [4.78, 5) is 32.9. The number of carbonyl (C=O) groups excluding carboxylic acids is 2. The molecule has 0 aliphatic heterocycles. The van der Waals surface area contributed by atoms with Crippen LogP contribution in [0.5, 0.6) is 0 Å². The number of aliphatic carboxylic acids is 1. The molecule has 5 N–H and O–H groups in total. The highest BCUT2D eigenvalue weighted by atomic mass is 16.4. The Morgan fingerprint density at radius 1 is 1.33 bits per heavy atom. The number of urea groups is 1. The number of hydrogen-bond donors (Lipinski definition) is 4. The van der Waals surface area contributed by atoms with Crippen molar-refractivity contribution in [1.29, 1.82) is 0 Å². The van der Waals surface area contributed by atoms with E-state index in [4.69, 9.17) is 10.8 Å². The van der Waals surface area contributed by atoms with Crippen molar-refractivity contribution in [2.75, 3.05) is 5.32 Å². The molecule has 1 aromatic carbocycles. The highest BCUT2D eigenvalue weighted by Crippen LogP contribution is 2.09. The van der Waals surface area contributed by atoms with Crippen LogP contribution in [0.15, 0.2) is 24.3 Å². The first-order valence-corrected chi connectivity index (χ1v) is 5.10. The Balaban J connectivity index is 2.67. The third kappa shape index (κ3) is 3.78. The summed E-state index contributed by atoms with van der Waals surface area (Å²) >= 11 is 0. The maximum absolute atomic E-state index is 11.4. The maximum atomic E-state index is 11.4. The predicted molar refractivity (Wildman–Crippen MR) is 64.2 cm³/mol. The van der Waals surface area contributed by atoms with E-state index in [9.17, 15) is 14.4 Å². The van der Waals surface area contributed by atoms with E-state index in [1.165, 1.54) is 19.1 Å². The first-order valence-electron chi connectivity index (χ1n) is 5.10. The molecule has 1 unspecified atom stereocenters. The minimum absolute atomic E-state index is 0.249. The van der Waals surface area contributed by atoms with E-state index >= 15 is 0 Å². The fourth-order valence-corrected chi connectivity index (χ4v) is 1.18. The van der Waals surface area contributed by atoms with Crippen molar-refractivity contribution in [2.24, 2.45) is 5.73 Å². The molecule has 0 bridgehead atoms. The van der Waals surface area contributed by atoms with Crippen molar-refractivity contribution in [2.45, 2.75) is 13.0 Å². The Morgan fingerprint density at radius 2 is 2.00 bits per heavy atom. The topological polar surface area (TPSA) is 122 Å². The van der Waals surface area contributed by atoms with Gasteiger partial charge in [0.1, 0.15) is 6.04 Å². The summed E-state index contributed by atoms with van der Waals surface area (Å²) in [6.07, 6.45) is 0. The average Bonchev–Trinajstić information content (AvgIpc) is 2.28. The van der Waals surface area contributed by atoms with Gasteiger partial charge in [0.15, 0.2) is 0 Å². The zero-order valence-electron chi connectivity index (χ0n) is 9.64. The van der Waals surface area contributed by atoms with Crippen molar-refractivity contribution in [3.8, 4) is 0 Å². The van der Waals surface area contributed by atoms with Gasteiger partial charge in [-0.05, 0) is 25.1 Å². The molecule has 96 valence electrons. The first-order chi connectivity index (χ1) is 8.40. The van der Waals surface area contributed by atoms with Crippen LogP contribution in [0.2, 0.25) is 0 Å². The molecule has 7 nitrogen and oxygen atoms in total. The summed E-state index contributed by atoms with van der Waals surface area (Å²) in [6.45, 7) is 1.34. The Bertz CT molecular complexity index is 487. The molecule has 0 aliphatic carbocycles. The zero-order chi connectivity index (χ0) is 13.7. The van der Waals surface area contributed by atoms with Crippen LogP contribution in [0.1, 0.15) is 17.3 Å². The standard InChI is InChI=1S/C11H13N3O4/c1-6(10(16)17)13-11(18)14-8-4-2-3-7(5-8)9(12)15/h2-6H,1H3,(H2,12,15)(H,16,17)(H2,13,14,18).